The number of rotatable bonds is 11. The van der Waals surface area contributed by atoms with E-state index in [1.54, 1.807) is 13.8 Å². The van der Waals surface area contributed by atoms with Gasteiger partial charge in [-0.3, -0.25) is 4.79 Å². The number of aliphatic carboxylic acids is 1. The van der Waals surface area contributed by atoms with E-state index in [1.165, 1.54) is 0 Å². The fraction of sp³-hybridized carbons (Fsp3) is 0.241. The molecule has 5 heteroatoms. The Labute approximate surface area is 200 Å². The van der Waals surface area contributed by atoms with Crippen molar-refractivity contribution in [3.05, 3.63) is 95.6 Å². The molecule has 0 radical (unpaired) electrons. The highest BCUT2D eigenvalue weighted by Gasteiger charge is 2.17. The lowest BCUT2D eigenvalue weighted by atomic mass is 9.99. The number of hydrogen-bond donors (Lipinski definition) is 1. The average molecular weight is 459 g/mol. The molecule has 0 saturated heterocycles. The SMILES string of the molecule is CCO[C@@H](Cc1ccc(OC/C=C(/C)c2ccc(-c3ccc(C(C)=O)cc3)cc2)cc1)C(=O)O. The van der Waals surface area contributed by atoms with Gasteiger partial charge < -0.3 is 14.6 Å². The van der Waals surface area contributed by atoms with Gasteiger partial charge >= 0.3 is 5.97 Å². The minimum atomic E-state index is -0.957. The predicted octanol–water partition coefficient (Wildman–Crippen LogP) is 6.07. The summed E-state index contributed by atoms with van der Waals surface area (Å²) in [5.74, 6) is -0.170. The summed E-state index contributed by atoms with van der Waals surface area (Å²) >= 11 is 0. The van der Waals surface area contributed by atoms with Crippen molar-refractivity contribution in [2.75, 3.05) is 13.2 Å². The molecule has 3 aromatic carbocycles. The van der Waals surface area contributed by atoms with Gasteiger partial charge in [-0.1, -0.05) is 60.7 Å². The van der Waals surface area contributed by atoms with E-state index in [4.69, 9.17) is 9.47 Å². The van der Waals surface area contributed by atoms with Gasteiger partial charge in [0.1, 0.15) is 12.4 Å². The van der Waals surface area contributed by atoms with Crippen molar-refractivity contribution in [3.63, 3.8) is 0 Å². The van der Waals surface area contributed by atoms with Crippen LogP contribution in [0.25, 0.3) is 16.7 Å². The summed E-state index contributed by atoms with van der Waals surface area (Å²) in [5.41, 5.74) is 5.98. The first kappa shape index (κ1) is 24.9. The van der Waals surface area contributed by atoms with Crippen LogP contribution >= 0.6 is 0 Å². The van der Waals surface area contributed by atoms with Crippen LogP contribution in [0.3, 0.4) is 0 Å². The van der Waals surface area contributed by atoms with Gasteiger partial charge in [0, 0.05) is 18.6 Å². The maximum absolute atomic E-state index is 11.4. The first-order chi connectivity index (χ1) is 16.4. The number of carbonyl (C=O) groups excluding carboxylic acids is 1. The van der Waals surface area contributed by atoms with Crippen LogP contribution in [0, 0.1) is 0 Å². The van der Waals surface area contributed by atoms with Gasteiger partial charge in [-0.05, 0) is 66.8 Å². The number of benzene rings is 3. The maximum atomic E-state index is 11.4. The van der Waals surface area contributed by atoms with Gasteiger partial charge in [-0.15, -0.1) is 0 Å². The van der Waals surface area contributed by atoms with Crippen LogP contribution in [0.4, 0.5) is 0 Å². The largest absolute Gasteiger partial charge is 0.490 e. The summed E-state index contributed by atoms with van der Waals surface area (Å²) in [6.07, 6.45) is 1.51. The number of ketones is 1. The molecule has 5 nitrogen and oxygen atoms in total. The molecule has 0 aliphatic rings. The van der Waals surface area contributed by atoms with E-state index >= 15 is 0 Å². The van der Waals surface area contributed by atoms with E-state index < -0.39 is 12.1 Å². The smallest absolute Gasteiger partial charge is 0.333 e. The summed E-state index contributed by atoms with van der Waals surface area (Å²) in [6.45, 7) is 6.18. The van der Waals surface area contributed by atoms with Crippen LogP contribution in [0.15, 0.2) is 78.9 Å². The number of carboxylic acids is 1. The van der Waals surface area contributed by atoms with E-state index in [9.17, 15) is 14.7 Å². The number of carboxylic acid groups (broad SMARTS) is 1. The van der Waals surface area contributed by atoms with Crippen LogP contribution in [0.1, 0.15) is 42.3 Å². The number of Topliss-reactive ketones (excluding diaryl/α,β-unsaturated/α-hetero) is 1. The fourth-order valence-corrected chi connectivity index (χ4v) is 3.56. The molecule has 0 fully saturated rings. The molecular weight excluding hydrogens is 428 g/mol. The number of hydrogen-bond acceptors (Lipinski definition) is 4. The van der Waals surface area contributed by atoms with Crippen LogP contribution in [-0.2, 0) is 16.0 Å². The summed E-state index contributed by atoms with van der Waals surface area (Å²) in [4.78, 5) is 22.7. The summed E-state index contributed by atoms with van der Waals surface area (Å²) in [7, 11) is 0. The highest BCUT2D eigenvalue weighted by Crippen LogP contribution is 2.23. The molecule has 0 aliphatic carbocycles. The Morgan fingerprint density at radius 2 is 1.41 bits per heavy atom. The van der Waals surface area contributed by atoms with Crippen molar-refractivity contribution >= 4 is 17.3 Å². The minimum Gasteiger partial charge on any atom is -0.490 e. The molecule has 1 N–H and O–H groups in total. The Balaban J connectivity index is 1.55. The summed E-state index contributed by atoms with van der Waals surface area (Å²) < 4.78 is 11.1. The Morgan fingerprint density at radius 3 is 1.91 bits per heavy atom. The first-order valence-corrected chi connectivity index (χ1v) is 11.3. The van der Waals surface area contributed by atoms with Gasteiger partial charge in [0.05, 0.1) is 0 Å². The zero-order valence-corrected chi connectivity index (χ0v) is 19.8. The molecule has 0 amide bonds. The van der Waals surface area contributed by atoms with Crippen LogP contribution in [0.5, 0.6) is 5.75 Å². The zero-order chi connectivity index (χ0) is 24.5. The molecule has 3 aromatic rings. The van der Waals surface area contributed by atoms with Crippen molar-refractivity contribution in [1.82, 2.24) is 0 Å². The second-order valence-electron chi connectivity index (χ2n) is 8.04. The van der Waals surface area contributed by atoms with Crippen LogP contribution in [0.2, 0.25) is 0 Å². The molecule has 34 heavy (non-hydrogen) atoms. The lowest BCUT2D eigenvalue weighted by Crippen LogP contribution is -2.26. The zero-order valence-electron chi connectivity index (χ0n) is 19.8. The number of carbonyl (C=O) groups is 2. The van der Waals surface area contributed by atoms with Crippen molar-refractivity contribution < 1.29 is 24.2 Å². The van der Waals surface area contributed by atoms with E-state index in [2.05, 4.69) is 24.3 Å². The van der Waals surface area contributed by atoms with E-state index in [0.29, 0.717) is 25.2 Å². The van der Waals surface area contributed by atoms with Gasteiger partial charge in [0.25, 0.3) is 0 Å². The van der Waals surface area contributed by atoms with Gasteiger partial charge in [-0.2, -0.15) is 0 Å². The molecule has 0 saturated carbocycles. The summed E-state index contributed by atoms with van der Waals surface area (Å²) in [5, 5.41) is 9.22. The van der Waals surface area contributed by atoms with E-state index in [0.717, 1.165) is 33.6 Å². The third-order valence-electron chi connectivity index (χ3n) is 5.59. The average Bonchev–Trinajstić information content (AvgIpc) is 2.85. The van der Waals surface area contributed by atoms with Crippen molar-refractivity contribution in [2.24, 2.45) is 0 Å². The second-order valence-corrected chi connectivity index (χ2v) is 8.04. The third-order valence-corrected chi connectivity index (χ3v) is 5.59. The molecule has 0 heterocycles. The third kappa shape index (κ3) is 6.90. The van der Waals surface area contributed by atoms with Crippen molar-refractivity contribution in [2.45, 2.75) is 33.3 Å². The molecular formula is C29H30O5. The Hall–Kier alpha value is -3.70. The molecule has 3 rings (SSSR count). The van der Waals surface area contributed by atoms with Crippen molar-refractivity contribution in [1.29, 1.82) is 0 Å². The highest BCUT2D eigenvalue weighted by atomic mass is 16.5. The van der Waals surface area contributed by atoms with Gasteiger partial charge in [0.15, 0.2) is 11.9 Å². The summed E-state index contributed by atoms with van der Waals surface area (Å²) in [6, 6.07) is 23.3. The molecule has 176 valence electrons. The van der Waals surface area contributed by atoms with Crippen LogP contribution < -0.4 is 4.74 Å². The first-order valence-electron chi connectivity index (χ1n) is 11.3. The number of allylic oxidation sites excluding steroid dienone is 1. The lowest BCUT2D eigenvalue weighted by Gasteiger charge is -2.12. The monoisotopic (exact) mass is 458 g/mol. The topological polar surface area (TPSA) is 72.8 Å². The van der Waals surface area contributed by atoms with E-state index in [1.807, 2.05) is 61.5 Å². The van der Waals surface area contributed by atoms with E-state index in [-0.39, 0.29) is 5.78 Å². The predicted molar refractivity (Wildman–Crippen MR) is 134 cm³/mol. The highest BCUT2D eigenvalue weighted by molar-refractivity contribution is 5.94. The fourth-order valence-electron chi connectivity index (χ4n) is 3.56. The standard InChI is InChI=1S/C29H30O5/c1-4-33-28(29(31)32)19-22-5-15-27(16-6-22)34-18-17-20(2)23-7-11-25(12-8-23)26-13-9-24(10-14-26)21(3)30/h5-17,28H,4,18-19H2,1-3H3,(H,31,32)/b20-17-/t28-/m0/s1. The normalized spacial score (nSPS) is 12.3. The lowest BCUT2D eigenvalue weighted by molar-refractivity contribution is -0.149. The van der Waals surface area contributed by atoms with Crippen LogP contribution in [-0.4, -0.2) is 36.2 Å². The maximum Gasteiger partial charge on any atom is 0.333 e. The Bertz CT molecular complexity index is 1130. The molecule has 0 aliphatic heterocycles. The second kappa shape index (κ2) is 12.0. The quantitative estimate of drug-likeness (QED) is 0.353. The Morgan fingerprint density at radius 1 is 0.853 bits per heavy atom. The van der Waals surface area contributed by atoms with Gasteiger partial charge in [-0.25, -0.2) is 4.79 Å². The van der Waals surface area contributed by atoms with Crippen molar-refractivity contribution in [3.8, 4) is 16.9 Å². The molecule has 1 atom stereocenters. The molecule has 0 spiro atoms. The van der Waals surface area contributed by atoms with Gasteiger partial charge in [0.2, 0.25) is 0 Å². The molecule has 0 bridgehead atoms. The molecule has 0 aromatic heterocycles. The molecule has 0 unspecified atom stereocenters. The minimum absolute atomic E-state index is 0.0641. The Kier molecular flexibility index (Phi) is 8.77. The number of ether oxygens (including phenoxy) is 2.